The van der Waals surface area contributed by atoms with E-state index in [1.165, 1.54) is 17.5 Å². The van der Waals surface area contributed by atoms with Crippen LogP contribution in [0.25, 0.3) is 20.8 Å². The fraction of sp³-hybridized carbons (Fsp3) is 0.474. The lowest BCUT2D eigenvalue weighted by atomic mass is 10.1. The molecule has 10 nitrogen and oxygen atoms in total. The van der Waals surface area contributed by atoms with Crippen LogP contribution in [0.1, 0.15) is 12.1 Å². The molecule has 1 fully saturated rings. The van der Waals surface area contributed by atoms with E-state index in [2.05, 4.69) is 30.6 Å². The number of anilines is 2. The smallest absolute Gasteiger partial charge is 0.396 e. The Hall–Kier alpha value is -2.81. The van der Waals surface area contributed by atoms with E-state index in [1.807, 2.05) is 0 Å². The lowest BCUT2D eigenvalue weighted by Gasteiger charge is -2.21. The number of alkyl halides is 3. The van der Waals surface area contributed by atoms with E-state index in [0.29, 0.717) is 21.0 Å². The van der Waals surface area contributed by atoms with Crippen molar-refractivity contribution in [2.24, 2.45) is 5.92 Å². The van der Waals surface area contributed by atoms with Crippen molar-refractivity contribution in [1.82, 2.24) is 19.9 Å². The van der Waals surface area contributed by atoms with Crippen LogP contribution < -0.4 is 16.2 Å². The number of halogens is 3. The number of aryl methyl sites for hydroxylation is 1. The monoisotopic (exact) mass is 486 g/mol. The van der Waals surface area contributed by atoms with Gasteiger partial charge in [-0.05, 0) is 19.4 Å². The number of H-pyrrole nitrogens is 1. The zero-order chi connectivity index (χ0) is 23.9. The van der Waals surface area contributed by atoms with Crippen molar-refractivity contribution in [3.63, 3.8) is 0 Å². The maximum absolute atomic E-state index is 12.7. The van der Waals surface area contributed by atoms with E-state index in [-0.39, 0.29) is 30.3 Å². The first-order valence-corrected chi connectivity index (χ1v) is 10.8. The summed E-state index contributed by atoms with van der Waals surface area (Å²) in [6.45, 7) is -0.127. The van der Waals surface area contributed by atoms with Gasteiger partial charge in [-0.25, -0.2) is 9.97 Å². The van der Waals surface area contributed by atoms with Crippen molar-refractivity contribution in [3.05, 3.63) is 28.3 Å². The van der Waals surface area contributed by atoms with Crippen LogP contribution in [0.2, 0.25) is 0 Å². The summed E-state index contributed by atoms with van der Waals surface area (Å²) < 4.78 is 38.7. The van der Waals surface area contributed by atoms with E-state index in [4.69, 9.17) is 0 Å². The fourth-order valence-corrected chi connectivity index (χ4v) is 4.85. The van der Waals surface area contributed by atoms with E-state index < -0.39 is 42.4 Å². The minimum atomic E-state index is -4.49. The average molecular weight is 486 g/mol. The Labute approximate surface area is 188 Å². The molecule has 0 amide bonds. The number of aromatic nitrogens is 4. The summed E-state index contributed by atoms with van der Waals surface area (Å²) in [4.78, 5) is 27.3. The van der Waals surface area contributed by atoms with Crippen molar-refractivity contribution in [2.45, 2.75) is 37.8 Å². The first-order chi connectivity index (χ1) is 15.6. The van der Waals surface area contributed by atoms with Gasteiger partial charge >= 0.3 is 6.18 Å². The Morgan fingerprint density at radius 2 is 2.00 bits per heavy atom. The number of aliphatic hydroxyl groups excluding tert-OH is 3. The number of nitrogens with zero attached hydrogens (tertiary/aromatic N) is 3. The molecule has 1 aliphatic rings. The van der Waals surface area contributed by atoms with E-state index in [9.17, 15) is 33.3 Å². The van der Waals surface area contributed by atoms with Crippen LogP contribution in [-0.4, -0.2) is 72.8 Å². The number of thiazole rings is 1. The number of hydrogen-bond donors (Lipinski definition) is 6. The zero-order valence-corrected chi connectivity index (χ0v) is 18.0. The predicted octanol–water partition coefficient (Wildman–Crippen LogP) is 1.24. The quantitative estimate of drug-likeness (QED) is 0.302. The second kappa shape index (κ2) is 8.85. The Morgan fingerprint density at radius 1 is 1.24 bits per heavy atom. The van der Waals surface area contributed by atoms with Crippen molar-refractivity contribution in [2.75, 3.05) is 23.8 Å². The number of nitrogens with one attached hydrogen (secondary N) is 3. The number of fused-ring (bicyclic) bond motifs is 1. The topological polar surface area (TPSA) is 156 Å². The molecule has 4 atom stereocenters. The third kappa shape index (κ3) is 4.78. The van der Waals surface area contributed by atoms with Crippen LogP contribution in [0.5, 0.6) is 0 Å². The van der Waals surface area contributed by atoms with Gasteiger partial charge in [0.1, 0.15) is 29.0 Å². The van der Waals surface area contributed by atoms with Gasteiger partial charge in [0.05, 0.1) is 28.1 Å². The highest BCUT2D eigenvalue weighted by Crippen LogP contribution is 2.37. The summed E-state index contributed by atoms with van der Waals surface area (Å²) in [7, 11) is 0. The Balaban J connectivity index is 1.77. The Bertz CT molecular complexity index is 1220. The standard InChI is InChI=1S/C19H21F3N6O4S/c1-7-11(17-27-12-10(33-17)2-3-23-16(12)32)15(28-18(25-7)24-6-19(20,21)22)26-9-4-8(5-29)13(30)14(9)31/h2-3,8-9,13-14,29-31H,4-6H2,1H3,(H,23,32)(H2,24,25,26,28). The maximum Gasteiger partial charge on any atom is 0.405 e. The van der Waals surface area contributed by atoms with Gasteiger partial charge in [-0.1, -0.05) is 0 Å². The summed E-state index contributed by atoms with van der Waals surface area (Å²) in [6.07, 6.45) is -5.23. The Kier molecular flexibility index (Phi) is 6.26. The molecule has 6 N–H and O–H groups in total. The average Bonchev–Trinajstić information content (AvgIpc) is 3.29. The molecule has 4 rings (SSSR count). The minimum Gasteiger partial charge on any atom is -0.396 e. The SMILES string of the molecule is Cc1nc(NCC(F)(F)F)nc(NC2CC(CO)C(O)C2O)c1-c1nc2c(=O)[nH]ccc2s1. The fourth-order valence-electron chi connectivity index (χ4n) is 3.79. The summed E-state index contributed by atoms with van der Waals surface area (Å²) >= 11 is 1.18. The number of aliphatic hydroxyl groups is 3. The molecule has 0 aromatic carbocycles. The molecule has 3 aromatic rings. The molecule has 178 valence electrons. The van der Waals surface area contributed by atoms with Crippen molar-refractivity contribution < 1.29 is 28.5 Å². The number of rotatable bonds is 6. The van der Waals surface area contributed by atoms with Crippen LogP contribution in [0.15, 0.2) is 17.1 Å². The van der Waals surface area contributed by atoms with Gasteiger partial charge in [0.2, 0.25) is 5.95 Å². The molecule has 1 aliphatic carbocycles. The molecule has 33 heavy (non-hydrogen) atoms. The molecule has 0 aliphatic heterocycles. The minimum absolute atomic E-state index is 0.0810. The largest absolute Gasteiger partial charge is 0.405 e. The highest BCUT2D eigenvalue weighted by atomic mass is 32.1. The van der Waals surface area contributed by atoms with Gasteiger partial charge in [-0.2, -0.15) is 18.2 Å². The van der Waals surface area contributed by atoms with E-state index in [0.717, 1.165) is 0 Å². The van der Waals surface area contributed by atoms with Crippen LogP contribution >= 0.6 is 11.3 Å². The normalized spacial score (nSPS) is 23.2. The zero-order valence-electron chi connectivity index (χ0n) is 17.2. The summed E-state index contributed by atoms with van der Waals surface area (Å²) in [5, 5.41) is 35.4. The highest BCUT2D eigenvalue weighted by Gasteiger charge is 2.41. The number of pyridine rings is 1. The summed E-state index contributed by atoms with van der Waals surface area (Å²) in [5.74, 6) is -0.785. The highest BCUT2D eigenvalue weighted by molar-refractivity contribution is 7.21. The molecule has 0 radical (unpaired) electrons. The number of aromatic amines is 1. The summed E-state index contributed by atoms with van der Waals surface area (Å²) in [6, 6.07) is 0.932. The lowest BCUT2D eigenvalue weighted by Crippen LogP contribution is -2.36. The molecular formula is C19H21F3N6O4S. The second-order valence-electron chi connectivity index (χ2n) is 7.77. The molecule has 3 heterocycles. The third-order valence-electron chi connectivity index (χ3n) is 5.43. The van der Waals surface area contributed by atoms with E-state index in [1.54, 1.807) is 13.0 Å². The van der Waals surface area contributed by atoms with Crippen LogP contribution in [-0.2, 0) is 0 Å². The maximum atomic E-state index is 12.7. The first kappa shape index (κ1) is 23.4. The molecule has 0 saturated heterocycles. The Morgan fingerprint density at radius 3 is 2.64 bits per heavy atom. The van der Waals surface area contributed by atoms with Gasteiger partial charge in [0.15, 0.2) is 0 Å². The second-order valence-corrected chi connectivity index (χ2v) is 8.80. The van der Waals surface area contributed by atoms with Crippen LogP contribution in [0.3, 0.4) is 0 Å². The molecule has 3 aromatic heterocycles. The molecule has 14 heteroatoms. The van der Waals surface area contributed by atoms with Crippen LogP contribution in [0.4, 0.5) is 24.9 Å². The molecule has 4 unspecified atom stereocenters. The predicted molar refractivity (Wildman–Crippen MR) is 115 cm³/mol. The van der Waals surface area contributed by atoms with E-state index >= 15 is 0 Å². The summed E-state index contributed by atoms with van der Waals surface area (Å²) in [5.41, 5.74) is 0.437. The van der Waals surface area contributed by atoms with Gasteiger partial charge in [0, 0.05) is 18.7 Å². The molecule has 0 bridgehead atoms. The van der Waals surface area contributed by atoms with Gasteiger partial charge in [-0.3, -0.25) is 4.79 Å². The van der Waals surface area contributed by atoms with Crippen molar-refractivity contribution in [3.8, 4) is 10.6 Å². The molecule has 1 saturated carbocycles. The van der Waals surface area contributed by atoms with Crippen molar-refractivity contribution >= 4 is 33.3 Å². The van der Waals surface area contributed by atoms with Gasteiger partial charge < -0.3 is 30.9 Å². The molecular weight excluding hydrogens is 465 g/mol. The number of hydrogen-bond acceptors (Lipinski definition) is 10. The van der Waals surface area contributed by atoms with Crippen molar-refractivity contribution in [1.29, 1.82) is 0 Å². The third-order valence-corrected chi connectivity index (χ3v) is 6.46. The van der Waals surface area contributed by atoms with Crippen LogP contribution in [0, 0.1) is 12.8 Å². The van der Waals surface area contributed by atoms with Gasteiger partial charge in [0.25, 0.3) is 5.56 Å². The van der Waals surface area contributed by atoms with Gasteiger partial charge in [-0.15, -0.1) is 11.3 Å². The molecule has 0 spiro atoms. The lowest BCUT2D eigenvalue weighted by molar-refractivity contribution is -0.115. The first-order valence-electron chi connectivity index (χ1n) is 9.98.